The van der Waals surface area contributed by atoms with E-state index in [2.05, 4.69) is 0 Å². The predicted molar refractivity (Wildman–Crippen MR) is 194 cm³/mol. The maximum Gasteiger partial charge on any atom is 0.187 e. The lowest BCUT2D eigenvalue weighted by atomic mass is 9.94. The van der Waals surface area contributed by atoms with Crippen molar-refractivity contribution in [2.75, 3.05) is 40.6 Å². The van der Waals surface area contributed by atoms with Crippen LogP contribution in [-0.2, 0) is 71.1 Å². The zero-order valence-electron chi connectivity index (χ0n) is 34.6. The second-order valence-corrected chi connectivity index (χ2v) is 16.8. The summed E-state index contributed by atoms with van der Waals surface area (Å²) >= 11 is 0. The van der Waals surface area contributed by atoms with Crippen molar-refractivity contribution in [3.63, 3.8) is 0 Å². The fourth-order valence-corrected chi connectivity index (χ4v) is 8.65. The summed E-state index contributed by atoms with van der Waals surface area (Å²) in [4.78, 5) is 0. The molecule has 0 aliphatic carbocycles. The topological polar surface area (TPSA) is 280 Å². The van der Waals surface area contributed by atoms with Gasteiger partial charge in [0.05, 0.1) is 50.8 Å². The van der Waals surface area contributed by atoms with E-state index in [0.29, 0.717) is 6.42 Å². The highest BCUT2D eigenvalue weighted by Gasteiger charge is 2.54. The van der Waals surface area contributed by atoms with Crippen molar-refractivity contribution in [3.05, 3.63) is 0 Å². The van der Waals surface area contributed by atoms with Crippen molar-refractivity contribution in [1.29, 1.82) is 0 Å². The normalized spacial score (nSPS) is 52.9. The zero-order chi connectivity index (χ0) is 43.0. The Labute approximate surface area is 347 Å². The van der Waals surface area contributed by atoms with Crippen molar-refractivity contribution in [3.8, 4) is 0 Å². The fraction of sp³-hybridized carbons (Fsp3) is 1.00. The second-order valence-electron chi connectivity index (χ2n) is 16.8. The smallest absolute Gasteiger partial charge is 0.187 e. The Morgan fingerprint density at radius 1 is 0.367 bits per heavy atom. The van der Waals surface area contributed by atoms with Gasteiger partial charge in [-0.1, -0.05) is 6.92 Å². The molecular formula is C38H64O22. The van der Waals surface area contributed by atoms with Crippen LogP contribution in [0.15, 0.2) is 0 Å². The molecule has 0 bridgehead atoms. The standard InChI is InChI=1S/C38H64O22/c1-14-7-18(39)32(52-14)58-29-23(12-48-35(47-6)28(29)45)56-36-25(42)17(4)21(10-49-36)55-38-31(60-34-20(41)9-16(3)54-34)30(59-33-19(40)8-15(2)53-33)24(13-51-38)57-37-27(44)26(43)22(46-5)11-50-37/h14-45H,7-13H2,1-6H3/t14?,15?,16?,17?,18?,19?,20?,21-,22-,23-,24-,25?,26?,27?,28+,29?,30?,31+,32+,33+,34+,35-,36+,37+,38+/m1/s1. The van der Waals surface area contributed by atoms with E-state index in [-0.39, 0.29) is 57.6 Å². The van der Waals surface area contributed by atoms with Crippen LogP contribution in [0.1, 0.15) is 47.0 Å². The SMILES string of the molecule is CO[C@@H]1OC[C@@H](O[C@@H]2OC[C@@H](O[C@@H]3OC[C@@H](O[C@@H]4OC[C@@H](OC)C(O)C4O)C(O[C@@H]4OC(C)CC4O)[C@@H]3O[C@@H]3OC(C)CC3O)C(C)C2O)C(O[C@@H]2OC(C)CC2O)[C@@H]1O. The molecule has 7 aliphatic rings. The van der Waals surface area contributed by atoms with Crippen molar-refractivity contribution < 1.29 is 107 Å². The Kier molecular flexibility index (Phi) is 16.1. The van der Waals surface area contributed by atoms with E-state index in [4.69, 9.17) is 71.1 Å². The van der Waals surface area contributed by atoms with Gasteiger partial charge in [0, 0.05) is 39.4 Å². The summed E-state index contributed by atoms with van der Waals surface area (Å²) in [6, 6.07) is 0. The second kappa shape index (κ2) is 20.5. The number of methoxy groups -OCH3 is 2. The van der Waals surface area contributed by atoms with Crippen LogP contribution in [0.3, 0.4) is 0 Å². The molecule has 7 heterocycles. The summed E-state index contributed by atoms with van der Waals surface area (Å²) < 4.78 is 89.4. The Morgan fingerprint density at radius 3 is 1.28 bits per heavy atom. The Morgan fingerprint density at radius 2 is 0.783 bits per heavy atom. The molecule has 0 aromatic rings. The van der Waals surface area contributed by atoms with E-state index in [9.17, 15) is 35.7 Å². The van der Waals surface area contributed by atoms with Crippen molar-refractivity contribution in [2.24, 2.45) is 5.92 Å². The first-order valence-electron chi connectivity index (χ1n) is 20.8. The summed E-state index contributed by atoms with van der Waals surface area (Å²) in [6.45, 7) is 6.49. The third-order valence-corrected chi connectivity index (χ3v) is 12.2. The van der Waals surface area contributed by atoms with Crippen LogP contribution in [0, 0.1) is 5.92 Å². The van der Waals surface area contributed by atoms with Crippen LogP contribution in [0.25, 0.3) is 0 Å². The third kappa shape index (κ3) is 10.5. The quantitative estimate of drug-likeness (QED) is 0.0913. The van der Waals surface area contributed by atoms with Crippen LogP contribution in [-0.4, -0.2) is 224 Å². The Bertz CT molecular complexity index is 1340. The van der Waals surface area contributed by atoms with Gasteiger partial charge in [-0.25, -0.2) is 0 Å². The van der Waals surface area contributed by atoms with E-state index < -0.39 is 135 Å². The van der Waals surface area contributed by atoms with Gasteiger partial charge in [0.2, 0.25) is 0 Å². The maximum atomic E-state index is 11.6. The molecule has 0 aromatic heterocycles. The van der Waals surface area contributed by atoms with Crippen molar-refractivity contribution >= 4 is 0 Å². The van der Waals surface area contributed by atoms with Crippen LogP contribution in [0.2, 0.25) is 0 Å². The van der Waals surface area contributed by atoms with Crippen LogP contribution in [0.4, 0.5) is 0 Å². The summed E-state index contributed by atoms with van der Waals surface area (Å²) in [6.07, 6.45) is -24.2. The molecule has 22 nitrogen and oxygen atoms in total. The van der Waals surface area contributed by atoms with Gasteiger partial charge in [-0.3, -0.25) is 0 Å². The molecule has 22 heteroatoms. The molecule has 12 unspecified atom stereocenters. The van der Waals surface area contributed by atoms with E-state index >= 15 is 0 Å². The fourth-order valence-electron chi connectivity index (χ4n) is 8.65. The molecule has 0 saturated carbocycles. The van der Waals surface area contributed by atoms with Gasteiger partial charge >= 0.3 is 0 Å². The summed E-state index contributed by atoms with van der Waals surface area (Å²) in [5.41, 5.74) is 0. The van der Waals surface area contributed by atoms with E-state index in [1.807, 2.05) is 0 Å². The molecule has 0 radical (unpaired) electrons. The van der Waals surface area contributed by atoms with Crippen molar-refractivity contribution in [2.45, 2.75) is 195 Å². The third-order valence-electron chi connectivity index (χ3n) is 12.2. The summed E-state index contributed by atoms with van der Waals surface area (Å²) in [5.74, 6) is -0.683. The molecule has 25 atom stereocenters. The van der Waals surface area contributed by atoms with Crippen LogP contribution in [0.5, 0.6) is 0 Å². The maximum absolute atomic E-state index is 11.6. The molecule has 0 spiro atoms. The zero-order valence-corrected chi connectivity index (χ0v) is 34.6. The molecule has 0 aromatic carbocycles. The molecule has 7 fully saturated rings. The summed E-state index contributed by atoms with van der Waals surface area (Å²) in [5, 5.41) is 76.6. The minimum atomic E-state index is -1.53. The van der Waals surface area contributed by atoms with Gasteiger partial charge < -0.3 is 107 Å². The molecule has 7 aliphatic heterocycles. The molecule has 348 valence electrons. The average Bonchev–Trinajstić information content (AvgIpc) is 3.83. The van der Waals surface area contributed by atoms with Gasteiger partial charge in [0.1, 0.15) is 79.4 Å². The van der Waals surface area contributed by atoms with Gasteiger partial charge in [0.25, 0.3) is 0 Å². The minimum Gasteiger partial charge on any atom is -0.388 e. The van der Waals surface area contributed by atoms with E-state index in [0.717, 1.165) is 0 Å². The van der Waals surface area contributed by atoms with Gasteiger partial charge in [0.15, 0.2) is 44.0 Å². The molecule has 7 rings (SSSR count). The lowest BCUT2D eigenvalue weighted by molar-refractivity contribution is -0.381. The number of hydrogen-bond donors (Lipinski definition) is 7. The number of aliphatic hydroxyl groups is 7. The Hall–Kier alpha value is -0.880. The average molecular weight is 873 g/mol. The van der Waals surface area contributed by atoms with E-state index in [1.54, 1.807) is 27.7 Å². The van der Waals surface area contributed by atoms with E-state index in [1.165, 1.54) is 14.2 Å². The molecule has 0 amide bonds. The number of rotatable bonds is 14. The molecular weight excluding hydrogens is 808 g/mol. The summed E-state index contributed by atoms with van der Waals surface area (Å²) in [7, 11) is 2.75. The molecule has 60 heavy (non-hydrogen) atoms. The van der Waals surface area contributed by atoms with Gasteiger partial charge in [-0.2, -0.15) is 0 Å². The number of hydrogen-bond acceptors (Lipinski definition) is 22. The highest BCUT2D eigenvalue weighted by Crippen LogP contribution is 2.37. The first-order chi connectivity index (χ1) is 28.6. The number of ether oxygens (including phenoxy) is 15. The Balaban J connectivity index is 1.07. The predicted octanol–water partition coefficient (Wildman–Crippen LogP) is -3.05. The lowest BCUT2D eigenvalue weighted by Gasteiger charge is -2.48. The van der Waals surface area contributed by atoms with Gasteiger partial charge in [-0.15, -0.1) is 0 Å². The lowest BCUT2D eigenvalue weighted by Crippen LogP contribution is -2.63. The van der Waals surface area contributed by atoms with Gasteiger partial charge in [-0.05, 0) is 20.8 Å². The monoisotopic (exact) mass is 872 g/mol. The highest BCUT2D eigenvalue weighted by molar-refractivity contribution is 4.95. The first-order valence-corrected chi connectivity index (χ1v) is 20.8. The largest absolute Gasteiger partial charge is 0.388 e. The highest BCUT2D eigenvalue weighted by atomic mass is 16.8. The minimum absolute atomic E-state index is 0.0915. The molecule has 7 N–H and O–H groups in total. The van der Waals surface area contributed by atoms with Crippen LogP contribution >= 0.6 is 0 Å². The molecule has 7 saturated heterocycles. The number of aliphatic hydroxyl groups excluding tert-OH is 7. The first kappa shape index (κ1) is 47.1. The van der Waals surface area contributed by atoms with Crippen molar-refractivity contribution in [1.82, 2.24) is 0 Å². The van der Waals surface area contributed by atoms with Crippen LogP contribution < -0.4 is 0 Å².